The molecule has 2 aromatic rings. The first-order valence-electron chi connectivity index (χ1n) is 6.73. The fourth-order valence-electron chi connectivity index (χ4n) is 2.00. The lowest BCUT2D eigenvalue weighted by Crippen LogP contribution is -2.13. The number of carbonyl (C=O) groups is 1. The van der Waals surface area contributed by atoms with Gasteiger partial charge in [-0.3, -0.25) is 10.1 Å². The highest BCUT2D eigenvalue weighted by Crippen LogP contribution is 2.40. The first-order chi connectivity index (χ1) is 10.3. The Labute approximate surface area is 126 Å². The van der Waals surface area contributed by atoms with E-state index in [1.165, 1.54) is 24.2 Å². The summed E-state index contributed by atoms with van der Waals surface area (Å²) in [4.78, 5) is 16.8. The maximum atomic E-state index is 12.3. The van der Waals surface area contributed by atoms with Gasteiger partial charge in [-0.05, 0) is 25.0 Å². The lowest BCUT2D eigenvalue weighted by molar-refractivity contribution is 0.102. The minimum atomic E-state index is -0.229. The molecular weight excluding hydrogens is 284 g/mol. The zero-order valence-electron chi connectivity index (χ0n) is 11.3. The number of aliphatic hydroxyl groups excluding tert-OH is 1. The van der Waals surface area contributed by atoms with Crippen LogP contribution in [0.2, 0.25) is 0 Å². The van der Waals surface area contributed by atoms with Gasteiger partial charge in [-0.2, -0.15) is 0 Å². The highest BCUT2D eigenvalue weighted by molar-refractivity contribution is 7.14. The second-order valence-electron chi connectivity index (χ2n) is 4.81. The molecule has 1 aliphatic rings. The fraction of sp³-hybridized carbons (Fsp3) is 0.250. The number of nitrogens with one attached hydrogen (secondary N) is 1. The standard InChI is InChI=1S/C16H14N2O2S/c19-9-3-5-11-4-1-2-6-13(11)15(20)18-16-17-14(10-21-16)12-7-8-12/h1-2,4,6,10,12,19H,7-9H2,(H,17,18,20). The Morgan fingerprint density at radius 3 is 3.00 bits per heavy atom. The molecule has 4 nitrogen and oxygen atoms in total. The van der Waals surface area contributed by atoms with Gasteiger partial charge in [-0.1, -0.05) is 24.0 Å². The highest BCUT2D eigenvalue weighted by Gasteiger charge is 2.26. The van der Waals surface area contributed by atoms with Gasteiger partial charge in [0.1, 0.15) is 6.61 Å². The summed E-state index contributed by atoms with van der Waals surface area (Å²) in [6, 6.07) is 7.07. The van der Waals surface area contributed by atoms with Gasteiger partial charge < -0.3 is 5.11 Å². The summed E-state index contributed by atoms with van der Waals surface area (Å²) >= 11 is 1.45. The zero-order chi connectivity index (χ0) is 14.7. The van der Waals surface area contributed by atoms with E-state index in [-0.39, 0.29) is 12.5 Å². The smallest absolute Gasteiger partial charge is 0.258 e. The number of rotatable bonds is 3. The molecule has 0 radical (unpaired) electrons. The molecule has 1 aromatic heterocycles. The van der Waals surface area contributed by atoms with Crippen molar-refractivity contribution < 1.29 is 9.90 Å². The molecule has 1 heterocycles. The molecule has 1 amide bonds. The summed E-state index contributed by atoms with van der Waals surface area (Å²) in [6.07, 6.45) is 2.38. The molecule has 0 unspecified atom stereocenters. The summed E-state index contributed by atoms with van der Waals surface area (Å²) in [5.74, 6) is 5.70. The molecule has 2 N–H and O–H groups in total. The number of benzene rings is 1. The van der Waals surface area contributed by atoms with E-state index in [2.05, 4.69) is 22.1 Å². The van der Waals surface area contributed by atoms with Crippen molar-refractivity contribution in [1.29, 1.82) is 0 Å². The van der Waals surface area contributed by atoms with Crippen LogP contribution in [0.25, 0.3) is 0 Å². The van der Waals surface area contributed by atoms with E-state index in [9.17, 15) is 4.79 Å². The third kappa shape index (κ3) is 3.30. The first-order valence-corrected chi connectivity index (χ1v) is 7.61. The quantitative estimate of drug-likeness (QED) is 0.856. The second-order valence-corrected chi connectivity index (χ2v) is 5.67. The number of amides is 1. The van der Waals surface area contributed by atoms with Crippen molar-refractivity contribution >= 4 is 22.4 Å². The molecule has 1 aromatic carbocycles. The zero-order valence-corrected chi connectivity index (χ0v) is 12.1. The van der Waals surface area contributed by atoms with Crippen LogP contribution in [-0.4, -0.2) is 22.6 Å². The van der Waals surface area contributed by atoms with Crippen molar-refractivity contribution in [2.75, 3.05) is 11.9 Å². The van der Waals surface area contributed by atoms with Crippen molar-refractivity contribution in [3.63, 3.8) is 0 Å². The van der Waals surface area contributed by atoms with Gasteiger partial charge in [0.15, 0.2) is 5.13 Å². The summed E-state index contributed by atoms with van der Waals surface area (Å²) in [6.45, 7) is -0.229. The Morgan fingerprint density at radius 2 is 2.24 bits per heavy atom. The average Bonchev–Trinajstić information content (AvgIpc) is 3.26. The van der Waals surface area contributed by atoms with E-state index >= 15 is 0 Å². The molecule has 3 rings (SSSR count). The maximum Gasteiger partial charge on any atom is 0.258 e. The predicted molar refractivity (Wildman–Crippen MR) is 82.4 cm³/mol. The van der Waals surface area contributed by atoms with Crippen LogP contribution in [0.15, 0.2) is 29.6 Å². The van der Waals surface area contributed by atoms with Crippen LogP contribution in [0.3, 0.4) is 0 Å². The lowest BCUT2D eigenvalue weighted by Gasteiger charge is -2.04. The van der Waals surface area contributed by atoms with Crippen molar-refractivity contribution in [3.05, 3.63) is 46.5 Å². The van der Waals surface area contributed by atoms with Gasteiger partial charge in [0, 0.05) is 16.9 Å². The summed E-state index contributed by atoms with van der Waals surface area (Å²) < 4.78 is 0. The van der Waals surface area contributed by atoms with Crippen molar-refractivity contribution in [2.45, 2.75) is 18.8 Å². The molecule has 0 bridgehead atoms. The van der Waals surface area contributed by atoms with E-state index in [0.717, 1.165) is 5.69 Å². The van der Waals surface area contributed by atoms with Gasteiger partial charge in [0.2, 0.25) is 0 Å². The predicted octanol–water partition coefficient (Wildman–Crippen LogP) is 2.62. The minimum Gasteiger partial charge on any atom is -0.384 e. The van der Waals surface area contributed by atoms with Gasteiger partial charge in [0.05, 0.1) is 11.3 Å². The number of nitrogens with zero attached hydrogens (tertiary/aromatic N) is 1. The molecule has 21 heavy (non-hydrogen) atoms. The van der Waals surface area contributed by atoms with Crippen LogP contribution < -0.4 is 5.32 Å². The molecule has 1 saturated carbocycles. The van der Waals surface area contributed by atoms with E-state index in [0.29, 0.717) is 22.2 Å². The van der Waals surface area contributed by atoms with Crippen LogP contribution in [0.5, 0.6) is 0 Å². The molecule has 0 aliphatic heterocycles. The number of aromatic nitrogens is 1. The molecule has 0 saturated heterocycles. The Hall–Kier alpha value is -2.16. The largest absolute Gasteiger partial charge is 0.384 e. The van der Waals surface area contributed by atoms with Crippen molar-refractivity contribution in [3.8, 4) is 11.8 Å². The molecule has 1 fully saturated rings. The van der Waals surface area contributed by atoms with Gasteiger partial charge >= 0.3 is 0 Å². The van der Waals surface area contributed by atoms with Crippen LogP contribution in [0, 0.1) is 11.8 Å². The summed E-state index contributed by atoms with van der Waals surface area (Å²) in [5, 5.41) is 14.2. The topological polar surface area (TPSA) is 62.2 Å². The molecule has 0 spiro atoms. The lowest BCUT2D eigenvalue weighted by atomic mass is 10.1. The molecule has 0 atom stereocenters. The maximum absolute atomic E-state index is 12.3. The summed E-state index contributed by atoms with van der Waals surface area (Å²) in [5.41, 5.74) is 2.16. The highest BCUT2D eigenvalue weighted by atomic mass is 32.1. The number of anilines is 1. The average molecular weight is 298 g/mol. The minimum absolute atomic E-state index is 0.227. The fourth-order valence-corrected chi connectivity index (χ4v) is 2.79. The van der Waals surface area contributed by atoms with Gasteiger partial charge in [-0.15, -0.1) is 11.3 Å². The van der Waals surface area contributed by atoms with Crippen LogP contribution in [-0.2, 0) is 0 Å². The molecular formula is C16H14N2O2S. The third-order valence-corrected chi connectivity index (χ3v) is 3.99. The Balaban J connectivity index is 1.78. The number of carbonyl (C=O) groups excluding carboxylic acids is 1. The number of thiazole rings is 1. The van der Waals surface area contributed by atoms with Crippen LogP contribution in [0.4, 0.5) is 5.13 Å². The summed E-state index contributed by atoms with van der Waals surface area (Å²) in [7, 11) is 0. The Bertz CT molecular complexity index is 723. The Morgan fingerprint density at radius 1 is 1.43 bits per heavy atom. The number of aliphatic hydroxyl groups is 1. The van der Waals surface area contributed by atoms with E-state index in [1.54, 1.807) is 18.2 Å². The van der Waals surface area contributed by atoms with E-state index < -0.39 is 0 Å². The monoisotopic (exact) mass is 298 g/mol. The molecule has 5 heteroatoms. The van der Waals surface area contributed by atoms with Gasteiger partial charge in [-0.25, -0.2) is 4.98 Å². The first kappa shape index (κ1) is 13.8. The third-order valence-electron chi connectivity index (χ3n) is 3.21. The molecule has 1 aliphatic carbocycles. The van der Waals surface area contributed by atoms with Crippen molar-refractivity contribution in [2.24, 2.45) is 0 Å². The van der Waals surface area contributed by atoms with Crippen LogP contribution in [0.1, 0.15) is 40.4 Å². The second kappa shape index (κ2) is 6.08. The normalized spacial score (nSPS) is 13.4. The number of hydrogen-bond acceptors (Lipinski definition) is 4. The molecule has 106 valence electrons. The van der Waals surface area contributed by atoms with Gasteiger partial charge in [0.25, 0.3) is 5.91 Å². The van der Waals surface area contributed by atoms with Crippen molar-refractivity contribution in [1.82, 2.24) is 4.98 Å². The van der Waals surface area contributed by atoms with Crippen LogP contribution >= 0.6 is 11.3 Å². The number of hydrogen-bond donors (Lipinski definition) is 2. The van der Waals surface area contributed by atoms with E-state index in [4.69, 9.17) is 5.11 Å². The van der Waals surface area contributed by atoms with E-state index in [1.807, 2.05) is 11.4 Å². The Kier molecular flexibility index (Phi) is 4.00. The SMILES string of the molecule is O=C(Nc1nc(C2CC2)cs1)c1ccccc1C#CCO.